The highest BCUT2D eigenvalue weighted by Gasteiger charge is 2.16. The number of benzene rings is 1. The normalized spacial score (nSPS) is 14.0. The van der Waals surface area contributed by atoms with Crippen molar-refractivity contribution in [2.75, 3.05) is 5.32 Å². The molecule has 1 aliphatic carbocycles. The van der Waals surface area contributed by atoms with Crippen LogP contribution in [0.1, 0.15) is 26.7 Å². The lowest BCUT2D eigenvalue weighted by Gasteiger charge is -2.17. The lowest BCUT2D eigenvalue weighted by molar-refractivity contribution is -0.0256. The maximum absolute atomic E-state index is 13.5. The van der Waals surface area contributed by atoms with Crippen LogP contribution in [-0.4, -0.2) is 10.8 Å². The zero-order valence-electron chi connectivity index (χ0n) is 13.1. The highest BCUT2D eigenvalue weighted by atomic mass is 35.5. The lowest BCUT2D eigenvalue weighted by atomic mass is 10.1. The van der Waals surface area contributed by atoms with E-state index < -0.39 is 5.85 Å². The molecule has 1 heterocycles. The molecule has 1 aromatic heterocycles. The van der Waals surface area contributed by atoms with Crippen molar-refractivity contribution in [2.24, 2.45) is 0 Å². The standard InChI is InChI=1S/C18H18ClFN2O/c1-18(2,20)23-14-9-7-13(8-10-14)21-16-11-6-12-4-3-5-15(19)17(12)22-16/h4,6-11H,3,5H2,1-2H3,(H,21,22). The first-order valence-corrected chi connectivity index (χ1v) is 7.89. The number of fused-ring (bicyclic) bond motifs is 1. The number of pyridine rings is 1. The summed E-state index contributed by atoms with van der Waals surface area (Å²) in [6.07, 6.45) is 3.92. The van der Waals surface area contributed by atoms with Gasteiger partial charge in [-0.25, -0.2) is 4.98 Å². The van der Waals surface area contributed by atoms with E-state index in [4.69, 9.17) is 16.3 Å². The van der Waals surface area contributed by atoms with Gasteiger partial charge in [0.05, 0.1) is 5.35 Å². The number of hydrogen-bond donors (Lipinski definition) is 1. The minimum absolute atomic E-state index is 0.479. The molecule has 0 saturated heterocycles. The summed E-state index contributed by atoms with van der Waals surface area (Å²) in [6, 6.07) is 11.0. The molecule has 1 N–H and O–H groups in total. The third-order valence-electron chi connectivity index (χ3n) is 3.40. The third kappa shape index (κ3) is 4.02. The van der Waals surface area contributed by atoms with E-state index in [9.17, 15) is 4.39 Å². The van der Waals surface area contributed by atoms with Crippen LogP contribution in [0.4, 0.5) is 15.9 Å². The second-order valence-electron chi connectivity index (χ2n) is 5.90. The Bertz CT molecular complexity index is 826. The molecule has 0 fully saturated rings. The van der Waals surface area contributed by atoms with E-state index in [1.807, 2.05) is 24.3 Å². The molecule has 0 aliphatic heterocycles. The predicted octanol–water partition coefficient (Wildman–Crippen LogP) is 3.83. The smallest absolute Gasteiger partial charge is 0.242 e. The molecule has 1 aliphatic rings. The van der Waals surface area contributed by atoms with E-state index in [1.54, 1.807) is 12.1 Å². The summed E-state index contributed by atoms with van der Waals surface area (Å²) in [7, 11) is 0. The maximum atomic E-state index is 13.5. The van der Waals surface area contributed by atoms with Gasteiger partial charge < -0.3 is 10.1 Å². The van der Waals surface area contributed by atoms with Gasteiger partial charge in [0, 0.05) is 24.6 Å². The van der Waals surface area contributed by atoms with Crippen LogP contribution in [0.25, 0.3) is 11.1 Å². The number of rotatable bonds is 4. The Hall–Kier alpha value is -2.07. The summed E-state index contributed by atoms with van der Waals surface area (Å²) in [5.41, 5.74) is 0.845. The average Bonchev–Trinajstić information content (AvgIpc) is 2.49. The molecule has 0 atom stereocenters. The monoisotopic (exact) mass is 332 g/mol. The minimum atomic E-state index is -1.70. The van der Waals surface area contributed by atoms with Gasteiger partial charge in [0.2, 0.25) is 5.85 Å². The molecule has 2 aromatic rings. The van der Waals surface area contributed by atoms with Crippen LogP contribution in [0.15, 0.2) is 36.4 Å². The van der Waals surface area contributed by atoms with E-state index in [1.165, 1.54) is 13.8 Å². The number of halogens is 2. The van der Waals surface area contributed by atoms with Crippen molar-refractivity contribution in [2.45, 2.75) is 32.5 Å². The van der Waals surface area contributed by atoms with E-state index in [2.05, 4.69) is 16.4 Å². The fourth-order valence-corrected chi connectivity index (χ4v) is 2.69. The molecular formula is C18H18ClFN2O. The molecule has 0 saturated carbocycles. The molecule has 3 nitrogen and oxygen atoms in total. The van der Waals surface area contributed by atoms with Crippen LogP contribution in [-0.2, 0) is 0 Å². The predicted molar refractivity (Wildman–Crippen MR) is 92.0 cm³/mol. The van der Waals surface area contributed by atoms with Crippen LogP contribution in [0.5, 0.6) is 5.75 Å². The summed E-state index contributed by atoms with van der Waals surface area (Å²) in [6.45, 7) is 2.74. The number of aromatic nitrogens is 1. The van der Waals surface area contributed by atoms with Crippen molar-refractivity contribution < 1.29 is 9.13 Å². The van der Waals surface area contributed by atoms with Gasteiger partial charge in [0.1, 0.15) is 11.6 Å². The fraction of sp³-hybridized carbons (Fsp3) is 0.278. The van der Waals surface area contributed by atoms with E-state index >= 15 is 0 Å². The van der Waals surface area contributed by atoms with E-state index in [0.29, 0.717) is 5.75 Å². The van der Waals surface area contributed by atoms with Gasteiger partial charge in [-0.3, -0.25) is 0 Å². The van der Waals surface area contributed by atoms with E-state index in [-0.39, 0.29) is 0 Å². The van der Waals surface area contributed by atoms with Crippen LogP contribution >= 0.6 is 11.6 Å². The fourth-order valence-electron chi connectivity index (χ4n) is 2.43. The molecule has 0 amide bonds. The van der Waals surface area contributed by atoms with Crippen molar-refractivity contribution >= 4 is 34.2 Å². The van der Waals surface area contributed by atoms with Crippen LogP contribution < -0.4 is 20.6 Å². The van der Waals surface area contributed by atoms with Crippen LogP contribution in [0.2, 0.25) is 0 Å². The Morgan fingerprint density at radius 1 is 1.17 bits per heavy atom. The molecule has 120 valence electrons. The molecular weight excluding hydrogens is 315 g/mol. The maximum Gasteiger partial charge on any atom is 0.242 e. The molecule has 0 bridgehead atoms. The van der Waals surface area contributed by atoms with Crippen molar-refractivity contribution in [3.8, 4) is 5.75 Å². The Kier molecular flexibility index (Phi) is 4.26. The molecule has 0 spiro atoms. The van der Waals surface area contributed by atoms with Gasteiger partial charge in [0.25, 0.3) is 0 Å². The van der Waals surface area contributed by atoms with Crippen molar-refractivity contribution in [3.63, 3.8) is 0 Å². The van der Waals surface area contributed by atoms with Crippen molar-refractivity contribution in [1.29, 1.82) is 0 Å². The molecule has 5 heteroatoms. The molecule has 3 rings (SSSR count). The first kappa shape index (κ1) is 15.8. The number of nitrogens with one attached hydrogen (secondary N) is 1. The molecule has 23 heavy (non-hydrogen) atoms. The zero-order chi connectivity index (χ0) is 16.4. The second-order valence-corrected chi connectivity index (χ2v) is 6.35. The first-order chi connectivity index (χ1) is 10.9. The van der Waals surface area contributed by atoms with Gasteiger partial charge >= 0.3 is 0 Å². The lowest BCUT2D eigenvalue weighted by Crippen LogP contribution is -2.31. The molecule has 0 radical (unpaired) electrons. The second kappa shape index (κ2) is 6.20. The summed E-state index contributed by atoms with van der Waals surface area (Å²) in [4.78, 5) is 4.57. The number of nitrogens with zero attached hydrogens (tertiary/aromatic N) is 1. The van der Waals surface area contributed by atoms with Crippen LogP contribution in [0, 0.1) is 0 Å². The number of anilines is 2. The van der Waals surface area contributed by atoms with Crippen LogP contribution in [0.3, 0.4) is 0 Å². The zero-order valence-corrected chi connectivity index (χ0v) is 13.8. The number of hydrogen-bond acceptors (Lipinski definition) is 3. The van der Waals surface area contributed by atoms with Gasteiger partial charge in [-0.1, -0.05) is 17.7 Å². The van der Waals surface area contributed by atoms with Gasteiger partial charge in [-0.05, 0) is 54.5 Å². The van der Waals surface area contributed by atoms with Crippen molar-refractivity contribution in [3.05, 3.63) is 47.0 Å². The Balaban J connectivity index is 1.81. The van der Waals surface area contributed by atoms with Crippen molar-refractivity contribution in [1.82, 2.24) is 4.98 Å². The van der Waals surface area contributed by atoms with Gasteiger partial charge in [-0.15, -0.1) is 0 Å². The third-order valence-corrected chi connectivity index (χ3v) is 3.77. The summed E-state index contributed by atoms with van der Waals surface area (Å²) < 4.78 is 18.6. The highest BCUT2D eigenvalue weighted by Crippen LogP contribution is 2.22. The Morgan fingerprint density at radius 2 is 1.91 bits per heavy atom. The molecule has 1 aromatic carbocycles. The topological polar surface area (TPSA) is 34.1 Å². The minimum Gasteiger partial charge on any atom is -0.459 e. The Labute approximate surface area is 139 Å². The number of ether oxygens (including phenoxy) is 1. The van der Waals surface area contributed by atoms with Gasteiger partial charge in [-0.2, -0.15) is 4.39 Å². The van der Waals surface area contributed by atoms with E-state index in [0.717, 1.165) is 39.9 Å². The summed E-state index contributed by atoms with van der Waals surface area (Å²) in [5, 5.41) is 5.92. The SMILES string of the molecule is CC(C)(F)Oc1ccc(Nc2ccc3c(n2)=C(Cl)CCC=3)cc1. The summed E-state index contributed by atoms with van der Waals surface area (Å²) >= 11 is 6.26. The highest BCUT2D eigenvalue weighted by molar-refractivity contribution is 6.45. The Morgan fingerprint density at radius 3 is 2.61 bits per heavy atom. The first-order valence-electron chi connectivity index (χ1n) is 7.52. The summed E-state index contributed by atoms with van der Waals surface area (Å²) in [5.74, 6) is -0.498. The largest absolute Gasteiger partial charge is 0.459 e. The average molecular weight is 333 g/mol. The quantitative estimate of drug-likeness (QED) is 0.924. The molecule has 0 unspecified atom stereocenters. The van der Waals surface area contributed by atoms with Gasteiger partial charge in [0.15, 0.2) is 0 Å². The number of alkyl halides is 1.